The standard InChI is InChI=1S/C14H21N5S/c15-9-14(6-3-7-14)8-11-18-19-12(10-4-1-2-5-10)16-17-13(19)20-11/h10H,1-9,15H2. The Morgan fingerprint density at radius 3 is 2.65 bits per heavy atom. The van der Waals surface area contributed by atoms with Crippen LogP contribution in [0.1, 0.15) is 61.7 Å². The van der Waals surface area contributed by atoms with Gasteiger partial charge in [-0.05, 0) is 37.6 Å². The van der Waals surface area contributed by atoms with Gasteiger partial charge in [-0.3, -0.25) is 0 Å². The van der Waals surface area contributed by atoms with Crippen LogP contribution in [0, 0.1) is 5.41 Å². The van der Waals surface area contributed by atoms with Gasteiger partial charge in [-0.2, -0.15) is 9.61 Å². The van der Waals surface area contributed by atoms with Crippen LogP contribution < -0.4 is 5.73 Å². The molecule has 4 rings (SSSR count). The molecular formula is C14H21N5S. The molecule has 108 valence electrons. The van der Waals surface area contributed by atoms with Crippen molar-refractivity contribution < 1.29 is 0 Å². The van der Waals surface area contributed by atoms with Crippen molar-refractivity contribution in [3.05, 3.63) is 10.8 Å². The van der Waals surface area contributed by atoms with Crippen molar-refractivity contribution in [2.45, 2.75) is 57.3 Å². The molecule has 2 aromatic heterocycles. The molecule has 0 bridgehead atoms. The minimum Gasteiger partial charge on any atom is -0.330 e. The zero-order valence-electron chi connectivity index (χ0n) is 11.7. The highest BCUT2D eigenvalue weighted by molar-refractivity contribution is 7.16. The van der Waals surface area contributed by atoms with Crippen LogP contribution in [0.15, 0.2) is 0 Å². The Bertz CT molecular complexity index is 601. The number of hydrogen-bond donors (Lipinski definition) is 1. The first-order valence-corrected chi connectivity index (χ1v) is 8.52. The van der Waals surface area contributed by atoms with Crippen LogP contribution >= 0.6 is 11.3 Å². The first-order valence-electron chi connectivity index (χ1n) is 7.71. The van der Waals surface area contributed by atoms with Gasteiger partial charge in [0.05, 0.1) is 0 Å². The van der Waals surface area contributed by atoms with Crippen molar-refractivity contribution in [3.8, 4) is 0 Å². The molecule has 20 heavy (non-hydrogen) atoms. The summed E-state index contributed by atoms with van der Waals surface area (Å²) in [6, 6.07) is 0. The molecule has 2 saturated carbocycles. The summed E-state index contributed by atoms with van der Waals surface area (Å²) in [7, 11) is 0. The average molecular weight is 291 g/mol. The normalized spacial score (nSPS) is 22.4. The topological polar surface area (TPSA) is 69.1 Å². The van der Waals surface area contributed by atoms with E-state index in [4.69, 9.17) is 10.8 Å². The zero-order valence-corrected chi connectivity index (χ0v) is 12.5. The van der Waals surface area contributed by atoms with Crippen molar-refractivity contribution in [2.75, 3.05) is 6.54 Å². The maximum absolute atomic E-state index is 5.96. The molecule has 2 aliphatic carbocycles. The summed E-state index contributed by atoms with van der Waals surface area (Å²) in [6.45, 7) is 0.780. The highest BCUT2D eigenvalue weighted by Crippen LogP contribution is 2.43. The molecule has 6 heteroatoms. The molecule has 0 atom stereocenters. The minimum absolute atomic E-state index is 0.316. The second kappa shape index (κ2) is 4.77. The van der Waals surface area contributed by atoms with Crippen LogP contribution in [0.4, 0.5) is 0 Å². The van der Waals surface area contributed by atoms with Gasteiger partial charge in [-0.15, -0.1) is 10.2 Å². The quantitative estimate of drug-likeness (QED) is 0.939. The highest BCUT2D eigenvalue weighted by atomic mass is 32.1. The Balaban J connectivity index is 1.62. The predicted octanol–water partition coefficient (Wildman–Crippen LogP) is 2.51. The zero-order chi connectivity index (χ0) is 13.6. The summed E-state index contributed by atoms with van der Waals surface area (Å²) in [4.78, 5) is 0.952. The van der Waals surface area contributed by atoms with E-state index in [1.54, 1.807) is 11.3 Å². The first kappa shape index (κ1) is 12.7. The molecule has 2 N–H and O–H groups in total. The number of fused-ring (bicyclic) bond motifs is 1. The van der Waals surface area contributed by atoms with E-state index in [0.29, 0.717) is 11.3 Å². The fourth-order valence-electron chi connectivity index (χ4n) is 3.63. The summed E-state index contributed by atoms with van der Waals surface area (Å²) < 4.78 is 2.00. The van der Waals surface area contributed by atoms with E-state index in [2.05, 4.69) is 10.2 Å². The van der Waals surface area contributed by atoms with Crippen molar-refractivity contribution in [1.29, 1.82) is 0 Å². The molecule has 0 spiro atoms. The van der Waals surface area contributed by atoms with Crippen LogP contribution in [0.5, 0.6) is 0 Å². The summed E-state index contributed by atoms with van der Waals surface area (Å²) in [6.07, 6.45) is 9.93. The van der Waals surface area contributed by atoms with Crippen molar-refractivity contribution in [2.24, 2.45) is 11.1 Å². The molecule has 0 aliphatic heterocycles. The van der Waals surface area contributed by atoms with Gasteiger partial charge in [-0.1, -0.05) is 30.6 Å². The minimum atomic E-state index is 0.316. The molecule has 5 nitrogen and oxygen atoms in total. The molecule has 2 fully saturated rings. The average Bonchev–Trinajstić information content (AvgIpc) is 3.09. The van der Waals surface area contributed by atoms with Crippen LogP contribution in [-0.4, -0.2) is 26.4 Å². The smallest absolute Gasteiger partial charge is 0.234 e. The molecule has 0 saturated heterocycles. The molecule has 0 radical (unpaired) electrons. The Kier molecular flexibility index (Phi) is 3.03. The lowest BCUT2D eigenvalue weighted by atomic mass is 9.67. The maximum atomic E-state index is 5.96. The lowest BCUT2D eigenvalue weighted by Gasteiger charge is -2.40. The number of rotatable bonds is 4. The molecule has 0 amide bonds. The Hall–Kier alpha value is -1.01. The van der Waals surface area contributed by atoms with E-state index in [-0.39, 0.29) is 0 Å². The number of aromatic nitrogens is 4. The third kappa shape index (κ3) is 1.97. The lowest BCUT2D eigenvalue weighted by molar-refractivity contribution is 0.144. The van der Waals surface area contributed by atoms with Gasteiger partial charge >= 0.3 is 0 Å². The summed E-state index contributed by atoms with van der Waals surface area (Å²) in [5.41, 5.74) is 6.27. The van der Waals surface area contributed by atoms with Crippen LogP contribution in [-0.2, 0) is 6.42 Å². The molecule has 2 aromatic rings. The molecule has 2 aliphatic rings. The van der Waals surface area contributed by atoms with Gasteiger partial charge < -0.3 is 5.73 Å². The Labute approximate surface area is 122 Å². The van der Waals surface area contributed by atoms with Gasteiger partial charge in [0.1, 0.15) is 5.01 Å². The van der Waals surface area contributed by atoms with Crippen LogP contribution in [0.3, 0.4) is 0 Å². The van der Waals surface area contributed by atoms with E-state index in [1.807, 2.05) is 4.52 Å². The third-order valence-corrected chi connectivity index (χ3v) is 6.05. The van der Waals surface area contributed by atoms with Crippen molar-refractivity contribution >= 4 is 16.3 Å². The van der Waals surface area contributed by atoms with Gasteiger partial charge in [0.2, 0.25) is 4.96 Å². The Morgan fingerprint density at radius 1 is 1.20 bits per heavy atom. The highest BCUT2D eigenvalue weighted by Gasteiger charge is 2.37. The number of nitrogens with zero attached hydrogens (tertiary/aromatic N) is 4. The van der Waals surface area contributed by atoms with Crippen molar-refractivity contribution in [3.63, 3.8) is 0 Å². The Morgan fingerprint density at radius 2 is 2.00 bits per heavy atom. The largest absolute Gasteiger partial charge is 0.330 e. The summed E-state index contributed by atoms with van der Waals surface area (Å²) in [5, 5.41) is 14.7. The van der Waals surface area contributed by atoms with Gasteiger partial charge in [0.25, 0.3) is 0 Å². The monoisotopic (exact) mass is 291 g/mol. The maximum Gasteiger partial charge on any atom is 0.234 e. The van der Waals surface area contributed by atoms with E-state index in [9.17, 15) is 0 Å². The predicted molar refractivity (Wildman–Crippen MR) is 78.9 cm³/mol. The lowest BCUT2D eigenvalue weighted by Crippen LogP contribution is -2.39. The van der Waals surface area contributed by atoms with Gasteiger partial charge in [0.15, 0.2) is 5.82 Å². The van der Waals surface area contributed by atoms with E-state index in [0.717, 1.165) is 23.8 Å². The van der Waals surface area contributed by atoms with Gasteiger partial charge in [-0.25, -0.2) is 0 Å². The number of hydrogen-bond acceptors (Lipinski definition) is 5. The first-order chi connectivity index (χ1) is 9.80. The molecular weight excluding hydrogens is 270 g/mol. The van der Waals surface area contributed by atoms with Crippen molar-refractivity contribution in [1.82, 2.24) is 19.8 Å². The second-order valence-electron chi connectivity index (χ2n) is 6.46. The van der Waals surface area contributed by atoms with Gasteiger partial charge in [0, 0.05) is 12.3 Å². The summed E-state index contributed by atoms with van der Waals surface area (Å²) in [5.74, 6) is 1.64. The molecule has 0 aromatic carbocycles. The van der Waals surface area contributed by atoms with E-state index >= 15 is 0 Å². The fraction of sp³-hybridized carbons (Fsp3) is 0.786. The number of nitrogens with two attached hydrogens (primary N) is 1. The van der Waals surface area contributed by atoms with Crippen LogP contribution in [0.2, 0.25) is 0 Å². The summed E-state index contributed by atoms with van der Waals surface area (Å²) >= 11 is 1.69. The molecule has 2 heterocycles. The fourth-order valence-corrected chi connectivity index (χ4v) is 4.65. The molecule has 0 unspecified atom stereocenters. The van der Waals surface area contributed by atoms with E-state index in [1.165, 1.54) is 50.0 Å². The SMILES string of the molecule is NCC1(Cc2nn3c(C4CCCC4)nnc3s2)CCC1. The third-order valence-electron chi connectivity index (χ3n) is 5.15. The van der Waals surface area contributed by atoms with E-state index < -0.39 is 0 Å². The second-order valence-corrected chi connectivity index (χ2v) is 7.50. The van der Waals surface area contributed by atoms with Crippen LogP contribution in [0.25, 0.3) is 4.96 Å².